The molecule has 2 atom stereocenters. The van der Waals surface area contributed by atoms with Crippen molar-refractivity contribution in [2.24, 2.45) is 5.92 Å². The first-order chi connectivity index (χ1) is 8.58. The minimum Gasteiger partial charge on any atom is -0.352 e. The Labute approximate surface area is 119 Å². The Morgan fingerprint density at radius 1 is 1.50 bits per heavy atom. The lowest BCUT2D eigenvalue weighted by Gasteiger charge is -2.15. The zero-order valence-electron chi connectivity index (χ0n) is 9.76. The molecule has 2 nitrogen and oxygen atoms in total. The Morgan fingerprint density at radius 2 is 2.28 bits per heavy atom. The van der Waals surface area contributed by atoms with Crippen LogP contribution in [0.4, 0.5) is 4.39 Å². The molecular weight excluding hydrogens is 321 g/mol. The van der Waals surface area contributed by atoms with E-state index in [1.807, 2.05) is 0 Å². The molecule has 0 spiro atoms. The van der Waals surface area contributed by atoms with Gasteiger partial charge in [0.1, 0.15) is 5.82 Å². The standard InChI is InChI=1S/C13H14BrClFNO/c14-11-3-1-2-8(11)7-17-13(18)10-5-4-9(16)6-12(10)15/h4-6,8,11H,1-3,7H2,(H,17,18). The summed E-state index contributed by atoms with van der Waals surface area (Å²) in [5.41, 5.74) is 0.321. The van der Waals surface area contributed by atoms with Gasteiger partial charge in [-0.15, -0.1) is 0 Å². The zero-order chi connectivity index (χ0) is 13.1. The molecule has 1 aliphatic carbocycles. The van der Waals surface area contributed by atoms with Crippen molar-refractivity contribution >= 4 is 33.4 Å². The van der Waals surface area contributed by atoms with Gasteiger partial charge in [-0.1, -0.05) is 34.0 Å². The second-order valence-electron chi connectivity index (χ2n) is 4.54. The molecule has 0 radical (unpaired) electrons. The van der Waals surface area contributed by atoms with Crippen LogP contribution in [0.15, 0.2) is 18.2 Å². The summed E-state index contributed by atoms with van der Waals surface area (Å²) in [6.07, 6.45) is 3.46. The topological polar surface area (TPSA) is 29.1 Å². The second kappa shape index (κ2) is 6.02. The van der Waals surface area contributed by atoms with Crippen molar-refractivity contribution in [1.29, 1.82) is 0 Å². The smallest absolute Gasteiger partial charge is 0.252 e. The molecule has 0 aliphatic heterocycles. The number of alkyl halides is 1. The molecule has 2 rings (SSSR count). The fraction of sp³-hybridized carbons (Fsp3) is 0.462. The van der Waals surface area contributed by atoms with Crippen molar-refractivity contribution < 1.29 is 9.18 Å². The number of hydrogen-bond acceptors (Lipinski definition) is 1. The maximum Gasteiger partial charge on any atom is 0.252 e. The van der Waals surface area contributed by atoms with Gasteiger partial charge in [-0.05, 0) is 37.0 Å². The lowest BCUT2D eigenvalue weighted by molar-refractivity contribution is 0.0948. The van der Waals surface area contributed by atoms with Crippen molar-refractivity contribution in [2.75, 3.05) is 6.54 Å². The molecule has 1 N–H and O–H groups in total. The van der Waals surface area contributed by atoms with Crippen LogP contribution in [0.1, 0.15) is 29.6 Å². The summed E-state index contributed by atoms with van der Waals surface area (Å²) in [6, 6.07) is 3.80. The number of carbonyl (C=O) groups excluding carboxylic acids is 1. The molecule has 1 fully saturated rings. The Balaban J connectivity index is 1.95. The summed E-state index contributed by atoms with van der Waals surface area (Å²) in [4.78, 5) is 12.4. The summed E-state index contributed by atoms with van der Waals surface area (Å²) in [6.45, 7) is 0.627. The molecule has 5 heteroatoms. The largest absolute Gasteiger partial charge is 0.352 e. The van der Waals surface area contributed by atoms with Gasteiger partial charge >= 0.3 is 0 Å². The number of nitrogens with one attached hydrogen (secondary N) is 1. The molecule has 1 saturated carbocycles. The van der Waals surface area contributed by atoms with E-state index in [0.29, 0.717) is 22.9 Å². The van der Waals surface area contributed by atoms with E-state index >= 15 is 0 Å². The lowest BCUT2D eigenvalue weighted by Crippen LogP contribution is -2.31. The highest BCUT2D eigenvalue weighted by molar-refractivity contribution is 9.09. The fourth-order valence-corrected chi connectivity index (χ4v) is 3.24. The van der Waals surface area contributed by atoms with Crippen LogP contribution in [0, 0.1) is 11.7 Å². The van der Waals surface area contributed by atoms with E-state index in [9.17, 15) is 9.18 Å². The second-order valence-corrected chi connectivity index (χ2v) is 6.12. The molecule has 1 aliphatic rings. The van der Waals surface area contributed by atoms with Crippen LogP contribution < -0.4 is 5.32 Å². The summed E-state index contributed by atoms with van der Waals surface area (Å²) in [5, 5.41) is 3.00. The van der Waals surface area contributed by atoms with Gasteiger partial charge in [-0.25, -0.2) is 4.39 Å². The van der Waals surface area contributed by atoms with E-state index in [4.69, 9.17) is 11.6 Å². The Kier molecular flexibility index (Phi) is 4.62. The lowest BCUT2D eigenvalue weighted by atomic mass is 10.1. The van der Waals surface area contributed by atoms with Gasteiger partial charge in [0.25, 0.3) is 5.91 Å². The third kappa shape index (κ3) is 3.23. The Hall–Kier alpha value is -0.610. The van der Waals surface area contributed by atoms with Crippen LogP contribution in [0.5, 0.6) is 0 Å². The first kappa shape index (κ1) is 13.8. The van der Waals surface area contributed by atoms with E-state index in [1.54, 1.807) is 0 Å². The fourth-order valence-electron chi connectivity index (χ4n) is 2.21. The molecule has 98 valence electrons. The van der Waals surface area contributed by atoms with Crippen molar-refractivity contribution in [3.05, 3.63) is 34.6 Å². The minimum atomic E-state index is -0.437. The maximum atomic E-state index is 12.9. The third-order valence-electron chi connectivity index (χ3n) is 3.27. The molecule has 0 heterocycles. The number of amides is 1. The van der Waals surface area contributed by atoms with Crippen LogP contribution in [-0.4, -0.2) is 17.3 Å². The van der Waals surface area contributed by atoms with Crippen LogP contribution in [0.25, 0.3) is 0 Å². The van der Waals surface area contributed by atoms with E-state index in [2.05, 4.69) is 21.2 Å². The molecule has 18 heavy (non-hydrogen) atoms. The first-order valence-electron chi connectivity index (χ1n) is 5.95. The molecule has 1 aromatic rings. The summed E-state index contributed by atoms with van der Waals surface area (Å²) >= 11 is 9.45. The Bertz CT molecular complexity index is 455. The van der Waals surface area contributed by atoms with Crippen LogP contribution in [-0.2, 0) is 0 Å². The first-order valence-corrected chi connectivity index (χ1v) is 7.24. The number of rotatable bonds is 3. The molecular formula is C13H14BrClFNO. The number of carbonyl (C=O) groups is 1. The van der Waals surface area contributed by atoms with Crippen molar-refractivity contribution in [3.8, 4) is 0 Å². The van der Waals surface area contributed by atoms with Crippen LogP contribution in [0.2, 0.25) is 5.02 Å². The van der Waals surface area contributed by atoms with Crippen molar-refractivity contribution in [2.45, 2.75) is 24.1 Å². The van der Waals surface area contributed by atoms with Gasteiger partial charge in [0.15, 0.2) is 0 Å². The molecule has 1 aromatic carbocycles. The maximum absolute atomic E-state index is 12.9. The highest BCUT2D eigenvalue weighted by atomic mass is 79.9. The van der Waals surface area contributed by atoms with Crippen molar-refractivity contribution in [3.63, 3.8) is 0 Å². The predicted molar refractivity (Wildman–Crippen MR) is 73.8 cm³/mol. The molecule has 0 aromatic heterocycles. The van der Waals surface area contributed by atoms with Crippen LogP contribution in [0.3, 0.4) is 0 Å². The zero-order valence-corrected chi connectivity index (χ0v) is 12.1. The summed E-state index contributed by atoms with van der Waals surface area (Å²) in [7, 11) is 0. The Morgan fingerprint density at radius 3 is 2.89 bits per heavy atom. The van der Waals surface area contributed by atoms with E-state index in [-0.39, 0.29) is 10.9 Å². The van der Waals surface area contributed by atoms with Crippen molar-refractivity contribution in [1.82, 2.24) is 5.32 Å². The molecule has 1 amide bonds. The normalized spacial score (nSPS) is 23.1. The summed E-state index contributed by atoms with van der Waals surface area (Å²) in [5.74, 6) is -0.215. The van der Waals surface area contributed by atoms with Gasteiger partial charge in [-0.3, -0.25) is 4.79 Å². The van der Waals surface area contributed by atoms with Gasteiger partial charge in [0, 0.05) is 11.4 Å². The number of halogens is 3. The highest BCUT2D eigenvalue weighted by Gasteiger charge is 2.25. The summed E-state index contributed by atoms with van der Waals surface area (Å²) < 4.78 is 12.9. The quantitative estimate of drug-likeness (QED) is 0.838. The van der Waals surface area contributed by atoms with Gasteiger partial charge in [0.05, 0.1) is 10.6 Å². The minimum absolute atomic E-state index is 0.148. The average Bonchev–Trinajstić information content (AvgIpc) is 2.72. The van der Waals surface area contributed by atoms with E-state index in [0.717, 1.165) is 18.9 Å². The highest BCUT2D eigenvalue weighted by Crippen LogP contribution is 2.31. The SMILES string of the molecule is O=C(NCC1CCCC1Br)c1ccc(F)cc1Cl. The molecule has 2 unspecified atom stereocenters. The molecule has 0 saturated heterocycles. The third-order valence-corrected chi connectivity index (χ3v) is 4.79. The average molecular weight is 335 g/mol. The van der Waals surface area contributed by atoms with Crippen LogP contribution >= 0.6 is 27.5 Å². The van der Waals surface area contributed by atoms with E-state index in [1.165, 1.54) is 18.6 Å². The monoisotopic (exact) mass is 333 g/mol. The number of hydrogen-bond donors (Lipinski definition) is 1. The predicted octanol–water partition coefficient (Wildman–Crippen LogP) is 3.77. The van der Waals surface area contributed by atoms with Gasteiger partial charge < -0.3 is 5.32 Å². The van der Waals surface area contributed by atoms with Gasteiger partial charge in [0.2, 0.25) is 0 Å². The van der Waals surface area contributed by atoms with E-state index < -0.39 is 5.82 Å². The molecule has 0 bridgehead atoms. The number of benzene rings is 1. The van der Waals surface area contributed by atoms with Gasteiger partial charge in [-0.2, -0.15) is 0 Å².